The Hall–Kier alpha value is -1.84. The van der Waals surface area contributed by atoms with Crippen LogP contribution in [-0.4, -0.2) is 67.0 Å². The van der Waals surface area contributed by atoms with Gasteiger partial charge in [0.05, 0.1) is 22.8 Å². The first-order valence-electron chi connectivity index (χ1n) is 9.04. The van der Waals surface area contributed by atoms with Crippen molar-refractivity contribution in [1.82, 2.24) is 9.80 Å². The van der Waals surface area contributed by atoms with Crippen LogP contribution in [0.3, 0.4) is 0 Å². The van der Waals surface area contributed by atoms with Crippen molar-refractivity contribution < 1.29 is 27.5 Å². The van der Waals surface area contributed by atoms with Crippen LogP contribution in [0.4, 0.5) is 18.9 Å². The molecule has 2 saturated heterocycles. The van der Waals surface area contributed by atoms with E-state index in [0.717, 1.165) is 18.9 Å². The monoisotopic (exact) mass is 419 g/mol. The first-order chi connectivity index (χ1) is 13.3. The summed E-state index contributed by atoms with van der Waals surface area (Å²) in [5.41, 5.74) is -1.42. The van der Waals surface area contributed by atoms with E-state index in [2.05, 4.69) is 5.32 Å². The zero-order valence-corrected chi connectivity index (χ0v) is 15.9. The zero-order valence-electron chi connectivity index (χ0n) is 15.1. The van der Waals surface area contributed by atoms with Crippen molar-refractivity contribution in [2.75, 3.05) is 44.6 Å². The van der Waals surface area contributed by atoms with Crippen molar-refractivity contribution >= 4 is 29.1 Å². The Morgan fingerprint density at radius 3 is 2.54 bits per heavy atom. The third kappa shape index (κ3) is 4.95. The summed E-state index contributed by atoms with van der Waals surface area (Å²) in [7, 11) is 0. The van der Waals surface area contributed by atoms with Crippen LogP contribution < -0.4 is 5.32 Å². The molecule has 2 aliphatic heterocycles. The first kappa shape index (κ1) is 20.9. The van der Waals surface area contributed by atoms with Crippen molar-refractivity contribution in [3.63, 3.8) is 0 Å². The lowest BCUT2D eigenvalue weighted by atomic mass is 10.1. The number of halogens is 4. The van der Waals surface area contributed by atoms with Crippen LogP contribution in [0, 0.1) is 0 Å². The molecule has 2 amide bonds. The second-order valence-corrected chi connectivity index (χ2v) is 7.22. The van der Waals surface area contributed by atoms with E-state index in [-0.39, 0.29) is 23.6 Å². The Morgan fingerprint density at radius 1 is 1.21 bits per heavy atom. The summed E-state index contributed by atoms with van der Waals surface area (Å²) in [4.78, 5) is 28.1. The number of ether oxygens (including phenoxy) is 1. The van der Waals surface area contributed by atoms with Crippen LogP contribution >= 0.6 is 11.6 Å². The number of benzene rings is 1. The van der Waals surface area contributed by atoms with Gasteiger partial charge in [0.1, 0.15) is 6.10 Å². The first-order valence-corrected chi connectivity index (χ1v) is 9.42. The Bertz CT molecular complexity index is 731. The molecule has 154 valence electrons. The summed E-state index contributed by atoms with van der Waals surface area (Å²) < 4.78 is 44.8. The fourth-order valence-electron chi connectivity index (χ4n) is 3.37. The molecule has 6 nitrogen and oxygen atoms in total. The molecular formula is C18H21ClF3N3O3. The zero-order chi connectivity index (χ0) is 20.3. The molecule has 2 heterocycles. The second-order valence-electron chi connectivity index (χ2n) is 6.81. The van der Waals surface area contributed by atoms with Crippen LogP contribution in [-0.2, 0) is 20.5 Å². The number of para-hydroxylation sites is 1. The maximum Gasteiger partial charge on any atom is 0.418 e. The second kappa shape index (κ2) is 8.67. The molecule has 1 unspecified atom stereocenters. The lowest BCUT2D eigenvalue weighted by Crippen LogP contribution is -2.52. The molecule has 0 bridgehead atoms. The van der Waals surface area contributed by atoms with Gasteiger partial charge in [0.15, 0.2) is 0 Å². The van der Waals surface area contributed by atoms with Crippen molar-refractivity contribution in [2.24, 2.45) is 0 Å². The summed E-state index contributed by atoms with van der Waals surface area (Å²) in [6, 6.07) is 3.35. The van der Waals surface area contributed by atoms with Crippen molar-refractivity contribution in [2.45, 2.75) is 25.1 Å². The van der Waals surface area contributed by atoms with E-state index in [4.69, 9.17) is 16.3 Å². The number of hydrogen-bond donors (Lipinski definition) is 1. The summed E-state index contributed by atoms with van der Waals surface area (Å²) in [6.45, 7) is 2.34. The molecule has 0 saturated carbocycles. The molecule has 0 aliphatic carbocycles. The maximum atomic E-state index is 13.1. The van der Waals surface area contributed by atoms with Crippen LogP contribution in [0.5, 0.6) is 0 Å². The predicted molar refractivity (Wildman–Crippen MR) is 97.1 cm³/mol. The van der Waals surface area contributed by atoms with Crippen LogP contribution in [0.15, 0.2) is 18.2 Å². The molecule has 3 rings (SSSR count). The third-order valence-corrected chi connectivity index (χ3v) is 5.15. The van der Waals surface area contributed by atoms with E-state index in [1.807, 2.05) is 0 Å². The summed E-state index contributed by atoms with van der Waals surface area (Å²) in [5.74, 6) is -0.620. The SMILES string of the molecule is O=C(CN1CCN(C(=O)C2CCCO2)CC1)Nc1c(Cl)cccc1C(F)(F)F. The van der Waals surface area contributed by atoms with Gasteiger partial charge >= 0.3 is 6.18 Å². The highest BCUT2D eigenvalue weighted by Gasteiger charge is 2.35. The smallest absolute Gasteiger partial charge is 0.368 e. The standard InChI is InChI=1S/C18H21ClF3N3O3/c19-13-4-1-3-12(18(20,21)22)16(13)23-15(26)11-24-6-8-25(9-7-24)17(27)14-5-2-10-28-14/h1,3-4,14H,2,5-11H2,(H,23,26). The van der Waals surface area contributed by atoms with Gasteiger partial charge in [-0.15, -0.1) is 0 Å². The number of carbonyl (C=O) groups excluding carboxylic acids is 2. The Kier molecular flexibility index (Phi) is 6.47. The van der Waals surface area contributed by atoms with E-state index in [0.29, 0.717) is 32.8 Å². The highest BCUT2D eigenvalue weighted by atomic mass is 35.5. The van der Waals surface area contributed by atoms with E-state index < -0.39 is 23.3 Å². The number of nitrogens with one attached hydrogen (secondary N) is 1. The summed E-state index contributed by atoms with van der Waals surface area (Å²) in [5, 5.41) is 2.11. The largest absolute Gasteiger partial charge is 0.418 e. The average molecular weight is 420 g/mol. The number of nitrogens with zero attached hydrogens (tertiary/aromatic N) is 2. The van der Waals surface area contributed by atoms with Gasteiger partial charge in [-0.3, -0.25) is 14.5 Å². The number of amides is 2. The maximum absolute atomic E-state index is 13.1. The van der Waals surface area contributed by atoms with Gasteiger partial charge in [-0.05, 0) is 25.0 Å². The fraction of sp³-hybridized carbons (Fsp3) is 0.556. The normalized spacial score (nSPS) is 21.0. The van der Waals surface area contributed by atoms with E-state index in [9.17, 15) is 22.8 Å². The Labute approximate surface area is 165 Å². The minimum absolute atomic E-state index is 0.0347. The third-order valence-electron chi connectivity index (χ3n) is 4.84. The van der Waals surface area contributed by atoms with E-state index in [1.54, 1.807) is 9.80 Å². The molecule has 0 spiro atoms. The molecular weight excluding hydrogens is 399 g/mol. The number of alkyl halides is 3. The number of anilines is 1. The van der Waals surface area contributed by atoms with Crippen LogP contribution in [0.25, 0.3) is 0 Å². The number of piperazine rings is 1. The van der Waals surface area contributed by atoms with Gasteiger partial charge in [-0.25, -0.2) is 0 Å². The van der Waals surface area contributed by atoms with Crippen molar-refractivity contribution in [1.29, 1.82) is 0 Å². The number of carbonyl (C=O) groups is 2. The topological polar surface area (TPSA) is 61.9 Å². The minimum atomic E-state index is -4.62. The van der Waals surface area contributed by atoms with Crippen LogP contribution in [0.2, 0.25) is 5.02 Å². The number of rotatable bonds is 4. The fourth-order valence-corrected chi connectivity index (χ4v) is 3.59. The van der Waals surface area contributed by atoms with Crippen molar-refractivity contribution in [3.8, 4) is 0 Å². The molecule has 1 aromatic rings. The molecule has 1 N–H and O–H groups in total. The predicted octanol–water partition coefficient (Wildman–Crippen LogP) is 2.62. The summed E-state index contributed by atoms with van der Waals surface area (Å²) in [6.07, 6.45) is -3.41. The molecule has 2 fully saturated rings. The van der Waals surface area contributed by atoms with Gasteiger partial charge in [0, 0.05) is 32.8 Å². The van der Waals surface area contributed by atoms with Crippen LogP contribution in [0.1, 0.15) is 18.4 Å². The lowest BCUT2D eigenvalue weighted by Gasteiger charge is -2.35. The average Bonchev–Trinajstić information content (AvgIpc) is 3.17. The highest BCUT2D eigenvalue weighted by Crippen LogP contribution is 2.38. The van der Waals surface area contributed by atoms with Gasteiger partial charge in [0.25, 0.3) is 5.91 Å². The minimum Gasteiger partial charge on any atom is -0.368 e. The Morgan fingerprint density at radius 2 is 1.93 bits per heavy atom. The molecule has 2 aliphatic rings. The van der Waals surface area contributed by atoms with Gasteiger partial charge < -0.3 is 15.0 Å². The molecule has 28 heavy (non-hydrogen) atoms. The molecule has 10 heteroatoms. The molecule has 0 radical (unpaired) electrons. The van der Waals surface area contributed by atoms with E-state index in [1.165, 1.54) is 12.1 Å². The summed E-state index contributed by atoms with van der Waals surface area (Å²) >= 11 is 5.85. The Balaban J connectivity index is 1.54. The van der Waals surface area contributed by atoms with Gasteiger partial charge in [0.2, 0.25) is 5.91 Å². The number of hydrogen-bond acceptors (Lipinski definition) is 4. The molecule has 1 atom stereocenters. The lowest BCUT2D eigenvalue weighted by molar-refractivity contribution is -0.142. The van der Waals surface area contributed by atoms with Gasteiger partial charge in [-0.1, -0.05) is 17.7 Å². The molecule has 0 aromatic heterocycles. The highest BCUT2D eigenvalue weighted by molar-refractivity contribution is 6.34. The quantitative estimate of drug-likeness (QED) is 0.815. The van der Waals surface area contributed by atoms with Crippen molar-refractivity contribution in [3.05, 3.63) is 28.8 Å². The molecule has 1 aromatic carbocycles. The van der Waals surface area contributed by atoms with Gasteiger partial charge in [-0.2, -0.15) is 13.2 Å². The van der Waals surface area contributed by atoms with E-state index >= 15 is 0 Å².